The van der Waals surface area contributed by atoms with Crippen molar-refractivity contribution >= 4 is 23.1 Å². The lowest BCUT2D eigenvalue weighted by atomic mass is 10.5. The normalized spacial score (nSPS) is 10.5. The van der Waals surface area contributed by atoms with E-state index in [4.69, 9.17) is 5.11 Å². The van der Waals surface area contributed by atoms with Crippen molar-refractivity contribution in [2.75, 3.05) is 11.9 Å². The number of carbonyl (C=O) groups is 1. The molecule has 2 aromatic rings. The van der Waals surface area contributed by atoms with Crippen molar-refractivity contribution in [2.24, 2.45) is 0 Å². The van der Waals surface area contributed by atoms with Gasteiger partial charge in [-0.15, -0.1) is 0 Å². The van der Waals surface area contributed by atoms with Crippen LogP contribution in [-0.2, 0) is 0 Å². The van der Waals surface area contributed by atoms with Gasteiger partial charge in [0.2, 0.25) is 11.8 Å². The molecule has 15 heavy (non-hydrogen) atoms. The van der Waals surface area contributed by atoms with Crippen molar-refractivity contribution in [1.29, 1.82) is 0 Å². The molecule has 0 aliphatic rings. The van der Waals surface area contributed by atoms with Gasteiger partial charge in [0.15, 0.2) is 5.65 Å². The van der Waals surface area contributed by atoms with Gasteiger partial charge < -0.3 is 15.4 Å². The summed E-state index contributed by atoms with van der Waals surface area (Å²) in [6.07, 6.45) is 1.40. The van der Waals surface area contributed by atoms with Crippen LogP contribution in [0.2, 0.25) is 0 Å². The van der Waals surface area contributed by atoms with E-state index in [1.807, 2.05) is 6.92 Å². The van der Waals surface area contributed by atoms with Gasteiger partial charge in [-0.3, -0.25) is 0 Å². The van der Waals surface area contributed by atoms with Crippen LogP contribution in [0, 0.1) is 0 Å². The first kappa shape index (κ1) is 9.38. The molecular weight excluding hydrogens is 198 g/mol. The van der Waals surface area contributed by atoms with Crippen LogP contribution in [0.15, 0.2) is 6.20 Å². The van der Waals surface area contributed by atoms with E-state index in [0.29, 0.717) is 17.1 Å². The summed E-state index contributed by atoms with van der Waals surface area (Å²) >= 11 is 0. The molecule has 7 heteroatoms. The third-order valence-electron chi connectivity index (χ3n) is 1.77. The third-order valence-corrected chi connectivity index (χ3v) is 1.77. The van der Waals surface area contributed by atoms with Crippen molar-refractivity contribution in [3.05, 3.63) is 12.0 Å². The highest BCUT2D eigenvalue weighted by molar-refractivity contribution is 5.85. The van der Waals surface area contributed by atoms with Crippen LogP contribution in [0.4, 0.5) is 5.95 Å². The predicted molar refractivity (Wildman–Crippen MR) is 52.8 cm³/mol. The number of rotatable bonds is 3. The standard InChI is InChI=1S/C8H9N5O2/c1-2-9-8-11-4-3-10-6(7(14)15)12-5(4)13-8/h3H,2H2,1H3,(H,14,15)(H2,9,10,11,12,13). The number of nitrogens with zero attached hydrogens (tertiary/aromatic N) is 3. The zero-order valence-electron chi connectivity index (χ0n) is 7.98. The third kappa shape index (κ3) is 1.71. The number of fused-ring (bicyclic) bond motifs is 1. The highest BCUT2D eigenvalue weighted by atomic mass is 16.4. The van der Waals surface area contributed by atoms with Crippen LogP contribution in [0.25, 0.3) is 11.2 Å². The Labute approximate surface area is 84.6 Å². The van der Waals surface area contributed by atoms with Crippen LogP contribution >= 0.6 is 0 Å². The molecule has 0 aliphatic carbocycles. The van der Waals surface area contributed by atoms with Gasteiger partial charge in [-0.2, -0.15) is 4.98 Å². The van der Waals surface area contributed by atoms with Crippen molar-refractivity contribution in [3.8, 4) is 0 Å². The van der Waals surface area contributed by atoms with Crippen LogP contribution < -0.4 is 5.32 Å². The summed E-state index contributed by atoms with van der Waals surface area (Å²) < 4.78 is 0. The molecule has 2 heterocycles. The van der Waals surface area contributed by atoms with E-state index in [-0.39, 0.29) is 5.82 Å². The fraction of sp³-hybridized carbons (Fsp3) is 0.250. The van der Waals surface area contributed by atoms with E-state index in [0.717, 1.165) is 6.54 Å². The minimum Gasteiger partial charge on any atom is -0.475 e. The van der Waals surface area contributed by atoms with E-state index >= 15 is 0 Å². The Kier molecular flexibility index (Phi) is 2.20. The molecule has 0 saturated heterocycles. The maximum atomic E-state index is 10.6. The second kappa shape index (κ2) is 3.52. The van der Waals surface area contributed by atoms with Gasteiger partial charge in [-0.25, -0.2) is 14.8 Å². The van der Waals surface area contributed by atoms with E-state index in [2.05, 4.69) is 25.3 Å². The second-order valence-electron chi connectivity index (χ2n) is 2.85. The van der Waals surface area contributed by atoms with Gasteiger partial charge in [-0.1, -0.05) is 0 Å². The van der Waals surface area contributed by atoms with E-state index < -0.39 is 5.97 Å². The molecule has 0 fully saturated rings. The second-order valence-corrected chi connectivity index (χ2v) is 2.85. The summed E-state index contributed by atoms with van der Waals surface area (Å²) in [4.78, 5) is 25.0. The average molecular weight is 207 g/mol. The molecule has 0 bridgehead atoms. The number of nitrogens with one attached hydrogen (secondary N) is 2. The first-order valence-corrected chi connectivity index (χ1v) is 4.40. The zero-order valence-corrected chi connectivity index (χ0v) is 7.98. The molecule has 0 atom stereocenters. The monoisotopic (exact) mass is 207 g/mol. The summed E-state index contributed by atoms with van der Waals surface area (Å²) in [6, 6.07) is 0. The number of anilines is 1. The van der Waals surface area contributed by atoms with Crippen molar-refractivity contribution in [1.82, 2.24) is 19.9 Å². The van der Waals surface area contributed by atoms with E-state index in [1.165, 1.54) is 6.20 Å². The SMILES string of the molecule is CCNc1nc2nc(C(=O)O)ncc2[nH]1. The maximum Gasteiger partial charge on any atom is 0.374 e. The van der Waals surface area contributed by atoms with E-state index in [9.17, 15) is 4.79 Å². The predicted octanol–water partition coefficient (Wildman–Crippen LogP) is 0.483. The molecular formula is C8H9N5O2. The maximum absolute atomic E-state index is 10.6. The summed E-state index contributed by atoms with van der Waals surface area (Å²) in [7, 11) is 0. The quantitative estimate of drug-likeness (QED) is 0.676. The fourth-order valence-electron chi connectivity index (χ4n) is 1.16. The van der Waals surface area contributed by atoms with Crippen molar-refractivity contribution < 1.29 is 9.90 Å². The van der Waals surface area contributed by atoms with Gasteiger partial charge in [0, 0.05) is 6.54 Å². The number of aromatic nitrogens is 4. The zero-order chi connectivity index (χ0) is 10.8. The summed E-state index contributed by atoms with van der Waals surface area (Å²) in [5, 5.41) is 11.6. The molecule has 0 spiro atoms. The van der Waals surface area contributed by atoms with Gasteiger partial charge in [-0.05, 0) is 6.92 Å². The number of imidazole rings is 1. The molecule has 3 N–H and O–H groups in total. The molecule has 0 saturated carbocycles. The molecule has 0 amide bonds. The first-order chi connectivity index (χ1) is 7.20. The Morgan fingerprint density at radius 1 is 1.60 bits per heavy atom. The van der Waals surface area contributed by atoms with Crippen molar-refractivity contribution in [3.63, 3.8) is 0 Å². The molecule has 78 valence electrons. The van der Waals surface area contributed by atoms with Gasteiger partial charge in [0.1, 0.15) is 5.52 Å². The highest BCUT2D eigenvalue weighted by Gasteiger charge is 2.10. The number of aromatic carboxylic acids is 1. The summed E-state index contributed by atoms with van der Waals surface area (Å²) in [5.41, 5.74) is 0.953. The first-order valence-electron chi connectivity index (χ1n) is 4.40. The van der Waals surface area contributed by atoms with Crippen LogP contribution in [0.3, 0.4) is 0 Å². The Balaban J connectivity index is 2.47. The topological polar surface area (TPSA) is 104 Å². The minimum atomic E-state index is -1.16. The number of hydrogen-bond acceptors (Lipinski definition) is 5. The Morgan fingerprint density at radius 2 is 2.40 bits per heavy atom. The van der Waals surface area contributed by atoms with Gasteiger partial charge in [0.25, 0.3) is 0 Å². The largest absolute Gasteiger partial charge is 0.475 e. The summed E-state index contributed by atoms with van der Waals surface area (Å²) in [5.74, 6) is -0.855. The van der Waals surface area contributed by atoms with E-state index in [1.54, 1.807) is 0 Å². The smallest absolute Gasteiger partial charge is 0.374 e. The summed E-state index contributed by atoms with van der Waals surface area (Å²) in [6.45, 7) is 2.65. The molecule has 0 radical (unpaired) electrons. The number of aromatic amines is 1. The van der Waals surface area contributed by atoms with Crippen LogP contribution in [-0.4, -0.2) is 37.6 Å². The molecule has 0 aliphatic heterocycles. The Morgan fingerprint density at radius 3 is 3.07 bits per heavy atom. The van der Waals surface area contributed by atoms with Crippen molar-refractivity contribution in [2.45, 2.75) is 6.92 Å². The molecule has 2 rings (SSSR count). The fourth-order valence-corrected chi connectivity index (χ4v) is 1.16. The number of carboxylic acid groups (broad SMARTS) is 1. The Hall–Kier alpha value is -2.18. The average Bonchev–Trinajstić information content (AvgIpc) is 2.59. The number of hydrogen-bond donors (Lipinski definition) is 3. The highest BCUT2D eigenvalue weighted by Crippen LogP contribution is 2.10. The number of carboxylic acids is 1. The molecule has 0 aromatic carbocycles. The minimum absolute atomic E-state index is 0.253. The molecule has 2 aromatic heterocycles. The lowest BCUT2D eigenvalue weighted by Crippen LogP contribution is -2.03. The van der Waals surface area contributed by atoms with Crippen LogP contribution in [0.5, 0.6) is 0 Å². The lowest BCUT2D eigenvalue weighted by Gasteiger charge is -1.92. The van der Waals surface area contributed by atoms with Crippen LogP contribution in [0.1, 0.15) is 17.5 Å². The number of H-pyrrole nitrogens is 1. The Bertz CT molecular complexity index is 507. The van der Waals surface area contributed by atoms with Gasteiger partial charge in [0.05, 0.1) is 6.20 Å². The van der Waals surface area contributed by atoms with Gasteiger partial charge >= 0.3 is 5.97 Å². The molecule has 7 nitrogen and oxygen atoms in total. The lowest BCUT2D eigenvalue weighted by molar-refractivity contribution is 0.0684. The molecule has 0 unspecified atom stereocenters.